The molecular weight excluding hydrogens is 360 g/mol. The van der Waals surface area contributed by atoms with Gasteiger partial charge in [0.05, 0.1) is 22.1 Å². The first-order valence-corrected chi connectivity index (χ1v) is 9.19. The molecule has 0 bridgehead atoms. The zero-order valence-electron chi connectivity index (χ0n) is 14.3. The first kappa shape index (κ1) is 19.4. The quantitative estimate of drug-likeness (QED) is 0.416. The molecule has 0 saturated heterocycles. The Hall–Kier alpha value is -2.94. The van der Waals surface area contributed by atoms with E-state index in [1.807, 2.05) is 0 Å². The first-order chi connectivity index (χ1) is 12.3. The summed E-state index contributed by atoms with van der Waals surface area (Å²) in [5.41, 5.74) is 0.710. The third-order valence-corrected chi connectivity index (χ3v) is 5.25. The first-order valence-electron chi connectivity index (χ1n) is 7.75. The lowest BCUT2D eigenvalue weighted by Crippen LogP contribution is -2.36. The summed E-state index contributed by atoms with van der Waals surface area (Å²) >= 11 is 0. The van der Waals surface area contributed by atoms with E-state index in [1.165, 1.54) is 18.2 Å². The molecule has 0 atom stereocenters. The highest BCUT2D eigenvalue weighted by atomic mass is 32.2. The minimum Gasteiger partial charge on any atom is -0.465 e. The van der Waals surface area contributed by atoms with Crippen molar-refractivity contribution in [2.45, 2.75) is 18.7 Å². The van der Waals surface area contributed by atoms with Gasteiger partial charge < -0.3 is 4.74 Å². The second-order valence-corrected chi connectivity index (χ2v) is 7.27. The number of rotatable bonds is 7. The van der Waals surface area contributed by atoms with Crippen LogP contribution < -0.4 is 4.31 Å². The molecule has 26 heavy (non-hydrogen) atoms. The normalized spacial score (nSPS) is 11.0. The molecule has 0 saturated carbocycles. The van der Waals surface area contributed by atoms with Crippen molar-refractivity contribution in [2.24, 2.45) is 0 Å². The molecule has 0 unspecified atom stereocenters. The third-order valence-electron chi connectivity index (χ3n) is 3.48. The Morgan fingerprint density at radius 2 is 1.88 bits per heavy atom. The Balaban J connectivity index is 2.54. The van der Waals surface area contributed by atoms with Crippen LogP contribution in [0.4, 0.5) is 11.4 Å². The highest BCUT2D eigenvalue weighted by Crippen LogP contribution is 2.26. The largest absolute Gasteiger partial charge is 0.465 e. The van der Waals surface area contributed by atoms with Gasteiger partial charge in [-0.2, -0.15) is 0 Å². The second kappa shape index (κ2) is 7.96. The summed E-state index contributed by atoms with van der Waals surface area (Å²) in [6, 6.07) is 11.3. The van der Waals surface area contributed by atoms with Gasteiger partial charge in [-0.05, 0) is 37.6 Å². The number of anilines is 1. The van der Waals surface area contributed by atoms with Crippen LogP contribution in [0.5, 0.6) is 0 Å². The molecule has 0 radical (unpaired) electrons. The molecule has 0 heterocycles. The number of carbonyl (C=O) groups is 1. The Morgan fingerprint density at radius 1 is 1.19 bits per heavy atom. The molecule has 0 fully saturated rings. The molecule has 0 aliphatic rings. The molecule has 0 spiro atoms. The van der Waals surface area contributed by atoms with Crippen molar-refractivity contribution in [1.29, 1.82) is 0 Å². The van der Waals surface area contributed by atoms with Crippen LogP contribution in [0, 0.1) is 17.0 Å². The number of sulfonamides is 1. The summed E-state index contributed by atoms with van der Waals surface area (Å²) in [5.74, 6) is -0.719. The van der Waals surface area contributed by atoms with Crippen LogP contribution in [0.25, 0.3) is 0 Å². The molecule has 0 amide bonds. The van der Waals surface area contributed by atoms with E-state index in [4.69, 9.17) is 4.74 Å². The predicted octanol–water partition coefficient (Wildman–Crippen LogP) is 2.66. The predicted molar refractivity (Wildman–Crippen MR) is 95.4 cm³/mol. The Bertz CT molecular complexity index is 926. The van der Waals surface area contributed by atoms with Crippen LogP contribution in [0.2, 0.25) is 0 Å². The fraction of sp³-hybridized carbons (Fsp3) is 0.235. The maximum atomic E-state index is 13.1. The highest BCUT2D eigenvalue weighted by Gasteiger charge is 2.29. The van der Waals surface area contributed by atoms with Gasteiger partial charge in [0.1, 0.15) is 6.54 Å². The number of nitro benzene ring substituents is 1. The van der Waals surface area contributed by atoms with Gasteiger partial charge in [-0.3, -0.25) is 19.2 Å². The van der Waals surface area contributed by atoms with Gasteiger partial charge in [0, 0.05) is 12.1 Å². The Labute approximate surface area is 151 Å². The fourth-order valence-corrected chi connectivity index (χ4v) is 3.75. The van der Waals surface area contributed by atoms with Crippen LogP contribution in [-0.4, -0.2) is 32.5 Å². The van der Waals surface area contributed by atoms with Gasteiger partial charge in [-0.15, -0.1) is 0 Å². The van der Waals surface area contributed by atoms with Crippen molar-refractivity contribution in [1.82, 2.24) is 0 Å². The van der Waals surface area contributed by atoms with Crippen LogP contribution in [0.3, 0.4) is 0 Å². The molecule has 2 rings (SSSR count). The number of esters is 1. The molecule has 0 N–H and O–H groups in total. The molecule has 8 nitrogen and oxygen atoms in total. The van der Waals surface area contributed by atoms with E-state index >= 15 is 0 Å². The minimum absolute atomic E-state index is 0.108. The molecular formula is C17H18N2O6S. The molecule has 138 valence electrons. The zero-order valence-corrected chi connectivity index (χ0v) is 15.1. The minimum atomic E-state index is -4.21. The van der Waals surface area contributed by atoms with Crippen LogP contribution in [0.15, 0.2) is 53.4 Å². The molecule has 2 aromatic carbocycles. The number of hydrogen-bond donors (Lipinski definition) is 0. The monoisotopic (exact) mass is 378 g/mol. The van der Waals surface area contributed by atoms with Crippen molar-refractivity contribution in [3.63, 3.8) is 0 Å². The van der Waals surface area contributed by atoms with Crippen LogP contribution in [-0.2, 0) is 19.6 Å². The molecule has 0 aliphatic heterocycles. The lowest BCUT2D eigenvalue weighted by atomic mass is 10.2. The number of benzene rings is 2. The van der Waals surface area contributed by atoms with E-state index in [2.05, 4.69) is 0 Å². The van der Waals surface area contributed by atoms with Gasteiger partial charge in [-0.1, -0.05) is 18.2 Å². The smallest absolute Gasteiger partial charge is 0.326 e. The van der Waals surface area contributed by atoms with Gasteiger partial charge in [-0.25, -0.2) is 8.42 Å². The number of hydrogen-bond acceptors (Lipinski definition) is 6. The number of ether oxygens (including phenoxy) is 1. The average Bonchev–Trinajstić information content (AvgIpc) is 2.60. The van der Waals surface area contributed by atoms with E-state index in [-0.39, 0.29) is 22.9 Å². The number of non-ortho nitro benzene ring substituents is 1. The van der Waals surface area contributed by atoms with Gasteiger partial charge in [0.15, 0.2) is 0 Å². The lowest BCUT2D eigenvalue weighted by molar-refractivity contribution is -0.385. The number of aryl methyl sites for hydroxylation is 1. The van der Waals surface area contributed by atoms with Crippen molar-refractivity contribution >= 4 is 27.4 Å². The third kappa shape index (κ3) is 4.37. The fourth-order valence-electron chi connectivity index (χ4n) is 2.31. The maximum Gasteiger partial charge on any atom is 0.326 e. The second-order valence-electron chi connectivity index (χ2n) is 5.41. The van der Waals surface area contributed by atoms with E-state index in [0.29, 0.717) is 0 Å². The van der Waals surface area contributed by atoms with E-state index in [9.17, 15) is 23.3 Å². The summed E-state index contributed by atoms with van der Waals surface area (Å²) in [4.78, 5) is 21.9. The zero-order chi connectivity index (χ0) is 19.3. The highest BCUT2D eigenvalue weighted by molar-refractivity contribution is 7.92. The van der Waals surface area contributed by atoms with E-state index in [0.717, 1.165) is 15.9 Å². The average molecular weight is 378 g/mol. The van der Waals surface area contributed by atoms with Crippen LogP contribution >= 0.6 is 0 Å². The SMILES string of the molecule is CCOC(=O)CN(c1cccc(C)c1)S(=O)(=O)c1cccc([N+](=O)[O-])c1. The van der Waals surface area contributed by atoms with E-state index < -0.39 is 27.5 Å². The summed E-state index contributed by atoms with van der Waals surface area (Å²) < 4.78 is 31.9. The van der Waals surface area contributed by atoms with Gasteiger partial charge in [0.2, 0.25) is 0 Å². The maximum absolute atomic E-state index is 13.1. The van der Waals surface area contributed by atoms with Crippen LogP contribution in [0.1, 0.15) is 12.5 Å². The van der Waals surface area contributed by atoms with Crippen molar-refractivity contribution in [3.05, 3.63) is 64.2 Å². The topological polar surface area (TPSA) is 107 Å². The molecule has 9 heteroatoms. The number of nitro groups is 1. The summed E-state index contributed by atoms with van der Waals surface area (Å²) in [7, 11) is -4.21. The van der Waals surface area contributed by atoms with Crippen molar-refractivity contribution < 1.29 is 22.9 Å². The molecule has 0 aliphatic carbocycles. The van der Waals surface area contributed by atoms with Crippen molar-refractivity contribution in [3.8, 4) is 0 Å². The summed E-state index contributed by atoms with van der Waals surface area (Å²) in [6.45, 7) is 2.97. The lowest BCUT2D eigenvalue weighted by Gasteiger charge is -2.23. The molecule has 0 aromatic heterocycles. The van der Waals surface area contributed by atoms with Crippen molar-refractivity contribution in [2.75, 3.05) is 17.5 Å². The Morgan fingerprint density at radius 3 is 2.50 bits per heavy atom. The number of nitrogens with zero attached hydrogens (tertiary/aromatic N) is 2. The summed E-state index contributed by atoms with van der Waals surface area (Å²) in [5, 5.41) is 11.0. The standard InChI is InChI=1S/C17H18N2O6S/c1-3-25-17(20)12-18(14-7-4-6-13(2)10-14)26(23,24)16-9-5-8-15(11-16)19(21)22/h4-11H,3,12H2,1-2H3. The Kier molecular flexibility index (Phi) is 5.93. The molecule has 2 aromatic rings. The van der Waals surface area contributed by atoms with Gasteiger partial charge >= 0.3 is 5.97 Å². The van der Waals surface area contributed by atoms with Gasteiger partial charge in [0.25, 0.3) is 15.7 Å². The number of carbonyl (C=O) groups excluding carboxylic acids is 1. The summed E-state index contributed by atoms with van der Waals surface area (Å²) in [6.07, 6.45) is 0. The van der Waals surface area contributed by atoms with E-state index in [1.54, 1.807) is 38.1 Å².